The average molecular weight is 378 g/mol. The molecule has 136 valence electrons. The average Bonchev–Trinajstić information content (AvgIpc) is 2.73. The molecule has 5 nitrogen and oxygen atoms in total. The molecule has 3 aromatic carbocycles. The molecule has 6 heteroatoms. The van der Waals surface area contributed by atoms with Gasteiger partial charge >= 0.3 is 0 Å². The van der Waals surface area contributed by atoms with E-state index >= 15 is 0 Å². The summed E-state index contributed by atoms with van der Waals surface area (Å²) in [6, 6.07) is 24.2. The molecule has 0 radical (unpaired) electrons. The van der Waals surface area contributed by atoms with E-state index in [1.807, 2.05) is 36.4 Å². The fourth-order valence-corrected chi connectivity index (χ4v) is 4.17. The maximum absolute atomic E-state index is 13.3. The van der Waals surface area contributed by atoms with Crippen LogP contribution in [0.1, 0.15) is 11.1 Å². The van der Waals surface area contributed by atoms with Gasteiger partial charge in [0.15, 0.2) is 0 Å². The van der Waals surface area contributed by atoms with Crippen molar-refractivity contribution in [3.05, 3.63) is 90.0 Å². The highest BCUT2D eigenvalue weighted by molar-refractivity contribution is 7.92. The van der Waals surface area contributed by atoms with Crippen LogP contribution in [0.2, 0.25) is 0 Å². The van der Waals surface area contributed by atoms with Gasteiger partial charge in [-0.05, 0) is 48.0 Å². The van der Waals surface area contributed by atoms with Crippen LogP contribution in [0, 0.1) is 11.3 Å². The quantitative estimate of drug-likeness (QED) is 0.651. The molecular formula is C21H18N2O3S. The SMILES string of the molecule is COc1ccc(N(Cc2ccccc2)S(=O)(=O)c2cccc(C#N)c2)cc1. The molecule has 0 fully saturated rings. The number of nitriles is 1. The Morgan fingerprint density at radius 1 is 0.963 bits per heavy atom. The third-order valence-electron chi connectivity index (χ3n) is 4.08. The largest absolute Gasteiger partial charge is 0.497 e. The fourth-order valence-electron chi connectivity index (χ4n) is 2.67. The minimum absolute atomic E-state index is 0.0771. The van der Waals surface area contributed by atoms with Gasteiger partial charge in [-0.1, -0.05) is 36.4 Å². The number of benzene rings is 3. The van der Waals surface area contributed by atoms with Gasteiger partial charge in [-0.25, -0.2) is 8.42 Å². The lowest BCUT2D eigenvalue weighted by atomic mass is 10.2. The second-order valence-electron chi connectivity index (χ2n) is 5.83. The van der Waals surface area contributed by atoms with Crippen molar-refractivity contribution in [1.82, 2.24) is 0 Å². The molecule has 3 aromatic rings. The molecule has 0 aliphatic heterocycles. The third kappa shape index (κ3) is 4.10. The van der Waals surface area contributed by atoms with E-state index in [-0.39, 0.29) is 11.4 Å². The van der Waals surface area contributed by atoms with E-state index < -0.39 is 10.0 Å². The molecule has 0 aliphatic rings. The zero-order chi connectivity index (χ0) is 19.3. The molecule has 3 rings (SSSR count). The van der Waals surface area contributed by atoms with E-state index in [0.29, 0.717) is 17.0 Å². The number of methoxy groups -OCH3 is 1. The Labute approximate surface area is 159 Å². The number of sulfonamides is 1. The van der Waals surface area contributed by atoms with E-state index in [4.69, 9.17) is 10.00 Å². The number of ether oxygens (including phenoxy) is 1. The standard InChI is InChI=1S/C21H18N2O3S/c1-26-20-12-10-19(11-13-20)23(16-17-6-3-2-4-7-17)27(24,25)21-9-5-8-18(14-21)15-22/h2-14H,16H2,1H3. The molecule has 0 unspecified atom stereocenters. The second-order valence-corrected chi connectivity index (χ2v) is 7.70. The zero-order valence-corrected chi connectivity index (χ0v) is 15.6. The van der Waals surface area contributed by atoms with Crippen LogP contribution in [0.4, 0.5) is 5.69 Å². The van der Waals surface area contributed by atoms with E-state index in [1.165, 1.54) is 16.4 Å². The smallest absolute Gasteiger partial charge is 0.264 e. The molecule has 0 heterocycles. The van der Waals surface area contributed by atoms with Crippen LogP contribution in [0.25, 0.3) is 0 Å². The van der Waals surface area contributed by atoms with Gasteiger partial charge in [-0.2, -0.15) is 5.26 Å². The Morgan fingerprint density at radius 2 is 1.67 bits per heavy atom. The second kappa shape index (κ2) is 7.94. The summed E-state index contributed by atoms with van der Waals surface area (Å²) in [4.78, 5) is 0.0771. The van der Waals surface area contributed by atoms with Crippen LogP contribution < -0.4 is 9.04 Å². The Morgan fingerprint density at radius 3 is 2.30 bits per heavy atom. The van der Waals surface area contributed by atoms with Gasteiger partial charge in [0.1, 0.15) is 5.75 Å². The van der Waals surface area contributed by atoms with Gasteiger partial charge in [-0.15, -0.1) is 0 Å². The first-order valence-electron chi connectivity index (χ1n) is 8.25. The van der Waals surface area contributed by atoms with Crippen LogP contribution in [-0.2, 0) is 16.6 Å². The number of hydrogen-bond donors (Lipinski definition) is 0. The highest BCUT2D eigenvalue weighted by Gasteiger charge is 2.25. The van der Waals surface area contributed by atoms with Crippen molar-refractivity contribution in [2.45, 2.75) is 11.4 Å². The van der Waals surface area contributed by atoms with Crippen LogP contribution in [-0.4, -0.2) is 15.5 Å². The lowest BCUT2D eigenvalue weighted by molar-refractivity contribution is 0.415. The topological polar surface area (TPSA) is 70.4 Å². The number of nitrogens with zero attached hydrogens (tertiary/aromatic N) is 2. The molecular weight excluding hydrogens is 360 g/mol. The van der Waals surface area contributed by atoms with Crippen molar-refractivity contribution in [3.63, 3.8) is 0 Å². The van der Waals surface area contributed by atoms with Gasteiger partial charge in [0.25, 0.3) is 10.0 Å². The molecule has 0 saturated heterocycles. The van der Waals surface area contributed by atoms with Crippen molar-refractivity contribution >= 4 is 15.7 Å². The minimum atomic E-state index is -3.86. The highest BCUT2D eigenvalue weighted by Crippen LogP contribution is 2.28. The number of anilines is 1. The first-order valence-corrected chi connectivity index (χ1v) is 9.69. The molecule has 0 amide bonds. The van der Waals surface area contributed by atoms with E-state index in [0.717, 1.165) is 5.56 Å². The van der Waals surface area contributed by atoms with Gasteiger partial charge in [0, 0.05) is 0 Å². The lowest BCUT2D eigenvalue weighted by Gasteiger charge is -2.25. The zero-order valence-electron chi connectivity index (χ0n) is 14.7. The molecule has 0 aromatic heterocycles. The summed E-state index contributed by atoms with van der Waals surface area (Å²) in [5.74, 6) is 0.641. The molecule has 0 atom stereocenters. The summed E-state index contributed by atoms with van der Waals surface area (Å²) >= 11 is 0. The summed E-state index contributed by atoms with van der Waals surface area (Å²) in [7, 11) is -2.31. The predicted molar refractivity (Wildman–Crippen MR) is 104 cm³/mol. The van der Waals surface area contributed by atoms with E-state index in [2.05, 4.69) is 0 Å². The normalized spacial score (nSPS) is 10.8. The minimum Gasteiger partial charge on any atom is -0.497 e. The van der Waals surface area contributed by atoms with Crippen molar-refractivity contribution in [1.29, 1.82) is 5.26 Å². The molecule has 0 saturated carbocycles. The summed E-state index contributed by atoms with van der Waals surface area (Å²) in [5.41, 5.74) is 1.67. The Hall–Kier alpha value is -3.30. The van der Waals surface area contributed by atoms with Crippen LogP contribution in [0.15, 0.2) is 83.8 Å². The molecule has 0 bridgehead atoms. The number of rotatable bonds is 6. The predicted octanol–water partition coefficient (Wildman–Crippen LogP) is 3.96. The van der Waals surface area contributed by atoms with E-state index in [9.17, 15) is 8.42 Å². The van der Waals surface area contributed by atoms with E-state index in [1.54, 1.807) is 43.5 Å². The first kappa shape index (κ1) is 18.5. The Kier molecular flexibility index (Phi) is 5.43. The molecule has 27 heavy (non-hydrogen) atoms. The van der Waals surface area contributed by atoms with Crippen LogP contribution in [0.3, 0.4) is 0 Å². The molecule has 0 spiro atoms. The number of hydrogen-bond acceptors (Lipinski definition) is 4. The van der Waals surface area contributed by atoms with Crippen LogP contribution >= 0.6 is 0 Å². The van der Waals surface area contributed by atoms with Crippen molar-refractivity contribution in [2.24, 2.45) is 0 Å². The highest BCUT2D eigenvalue weighted by atomic mass is 32.2. The van der Waals surface area contributed by atoms with Gasteiger partial charge in [0.05, 0.1) is 35.9 Å². The van der Waals surface area contributed by atoms with Crippen molar-refractivity contribution < 1.29 is 13.2 Å². The van der Waals surface area contributed by atoms with Crippen molar-refractivity contribution in [2.75, 3.05) is 11.4 Å². The lowest BCUT2D eigenvalue weighted by Crippen LogP contribution is -2.30. The van der Waals surface area contributed by atoms with Gasteiger partial charge in [-0.3, -0.25) is 4.31 Å². The monoisotopic (exact) mass is 378 g/mol. The maximum Gasteiger partial charge on any atom is 0.264 e. The summed E-state index contributed by atoms with van der Waals surface area (Å²) in [5, 5.41) is 9.10. The summed E-state index contributed by atoms with van der Waals surface area (Å²) < 4.78 is 33.2. The fraction of sp³-hybridized carbons (Fsp3) is 0.0952. The first-order chi connectivity index (χ1) is 13.0. The summed E-state index contributed by atoms with van der Waals surface area (Å²) in [6.07, 6.45) is 0. The molecule has 0 aliphatic carbocycles. The molecule has 0 N–H and O–H groups in total. The summed E-state index contributed by atoms with van der Waals surface area (Å²) in [6.45, 7) is 0.173. The Bertz CT molecular complexity index is 1060. The van der Waals surface area contributed by atoms with Crippen molar-refractivity contribution in [3.8, 4) is 11.8 Å². The Balaban J connectivity index is 2.08. The maximum atomic E-state index is 13.3. The van der Waals surface area contributed by atoms with Gasteiger partial charge in [0.2, 0.25) is 0 Å². The third-order valence-corrected chi connectivity index (χ3v) is 5.85. The van der Waals surface area contributed by atoms with Gasteiger partial charge < -0.3 is 4.74 Å². The van der Waals surface area contributed by atoms with Crippen LogP contribution in [0.5, 0.6) is 5.75 Å².